The van der Waals surface area contributed by atoms with Crippen molar-refractivity contribution in [3.05, 3.63) is 42.7 Å². The highest BCUT2D eigenvalue weighted by molar-refractivity contribution is 5.68. The van der Waals surface area contributed by atoms with E-state index in [2.05, 4.69) is 25.7 Å². The molecule has 3 aromatic rings. The SMILES string of the molecule is Oc1cc(-n2nccn2)ccc1-c1ccc(O[C@@H]2C[C@H]3CC[C@@H](C2)N3)nn1. The topological polar surface area (TPSA) is 98.0 Å². The van der Waals surface area contributed by atoms with Crippen LogP contribution in [0.2, 0.25) is 0 Å². The van der Waals surface area contributed by atoms with Gasteiger partial charge in [0.25, 0.3) is 0 Å². The number of aromatic nitrogens is 5. The third-order valence-corrected chi connectivity index (χ3v) is 5.26. The largest absolute Gasteiger partial charge is 0.507 e. The number of rotatable bonds is 4. The van der Waals surface area contributed by atoms with Crippen LogP contribution in [0.3, 0.4) is 0 Å². The van der Waals surface area contributed by atoms with Gasteiger partial charge in [0.2, 0.25) is 5.88 Å². The summed E-state index contributed by atoms with van der Waals surface area (Å²) in [5, 5.41) is 30.5. The molecule has 2 aromatic heterocycles. The van der Waals surface area contributed by atoms with E-state index in [1.165, 1.54) is 17.6 Å². The van der Waals surface area contributed by atoms with Gasteiger partial charge in [-0.1, -0.05) is 0 Å². The average Bonchev–Trinajstić information content (AvgIpc) is 3.32. The highest BCUT2D eigenvalue weighted by atomic mass is 16.5. The van der Waals surface area contributed by atoms with Crippen LogP contribution < -0.4 is 10.1 Å². The second kappa shape index (κ2) is 6.62. The van der Waals surface area contributed by atoms with Gasteiger partial charge in [0, 0.05) is 29.8 Å². The summed E-state index contributed by atoms with van der Waals surface area (Å²) in [6.07, 6.45) is 7.87. The van der Waals surface area contributed by atoms with E-state index < -0.39 is 0 Å². The molecule has 4 heterocycles. The lowest BCUT2D eigenvalue weighted by Gasteiger charge is -2.28. The third kappa shape index (κ3) is 3.23. The van der Waals surface area contributed by atoms with Gasteiger partial charge in [-0.05, 0) is 43.9 Å². The van der Waals surface area contributed by atoms with Crippen LogP contribution in [-0.4, -0.2) is 48.5 Å². The van der Waals surface area contributed by atoms with Crippen molar-refractivity contribution in [3.8, 4) is 28.6 Å². The normalized spacial score (nSPS) is 24.1. The molecular formula is C19H20N6O2. The number of fused-ring (bicyclic) bond motifs is 2. The van der Waals surface area contributed by atoms with Crippen LogP contribution in [0.25, 0.3) is 16.9 Å². The van der Waals surface area contributed by atoms with Crippen molar-refractivity contribution in [2.45, 2.75) is 43.9 Å². The van der Waals surface area contributed by atoms with Crippen molar-refractivity contribution in [1.29, 1.82) is 0 Å². The van der Waals surface area contributed by atoms with Crippen LogP contribution in [0.15, 0.2) is 42.7 Å². The molecule has 0 radical (unpaired) electrons. The highest BCUT2D eigenvalue weighted by Crippen LogP contribution is 2.31. The van der Waals surface area contributed by atoms with Gasteiger partial charge >= 0.3 is 0 Å². The Balaban J connectivity index is 1.31. The first kappa shape index (κ1) is 16.2. The Morgan fingerprint density at radius 3 is 2.44 bits per heavy atom. The maximum absolute atomic E-state index is 10.4. The van der Waals surface area contributed by atoms with Crippen LogP contribution >= 0.6 is 0 Å². The molecule has 138 valence electrons. The van der Waals surface area contributed by atoms with Gasteiger partial charge in [-0.25, -0.2) is 0 Å². The number of phenols is 1. The lowest BCUT2D eigenvalue weighted by Crippen LogP contribution is -2.42. The van der Waals surface area contributed by atoms with Crippen molar-refractivity contribution in [3.63, 3.8) is 0 Å². The zero-order valence-corrected chi connectivity index (χ0v) is 14.7. The molecule has 0 spiro atoms. The van der Waals surface area contributed by atoms with E-state index in [9.17, 15) is 5.11 Å². The van der Waals surface area contributed by atoms with Crippen molar-refractivity contribution >= 4 is 0 Å². The minimum Gasteiger partial charge on any atom is -0.507 e. The summed E-state index contributed by atoms with van der Waals surface area (Å²) < 4.78 is 6.03. The number of piperidine rings is 1. The molecule has 0 unspecified atom stereocenters. The number of aromatic hydroxyl groups is 1. The van der Waals surface area contributed by atoms with Crippen molar-refractivity contribution in [2.24, 2.45) is 0 Å². The fourth-order valence-corrected chi connectivity index (χ4v) is 4.01. The fraction of sp³-hybridized carbons (Fsp3) is 0.368. The zero-order valence-electron chi connectivity index (χ0n) is 14.7. The maximum atomic E-state index is 10.4. The molecule has 0 amide bonds. The summed E-state index contributed by atoms with van der Waals surface area (Å²) in [7, 11) is 0. The summed E-state index contributed by atoms with van der Waals surface area (Å²) in [6.45, 7) is 0. The van der Waals surface area contributed by atoms with Crippen molar-refractivity contribution in [1.82, 2.24) is 30.5 Å². The van der Waals surface area contributed by atoms with Gasteiger partial charge < -0.3 is 15.2 Å². The van der Waals surface area contributed by atoms with E-state index in [4.69, 9.17) is 4.74 Å². The minimum atomic E-state index is 0.0997. The Labute approximate surface area is 156 Å². The zero-order chi connectivity index (χ0) is 18.2. The number of hydrogen-bond acceptors (Lipinski definition) is 7. The van der Waals surface area contributed by atoms with Gasteiger partial charge in [-0.3, -0.25) is 0 Å². The Kier molecular flexibility index (Phi) is 3.97. The molecule has 0 saturated carbocycles. The van der Waals surface area contributed by atoms with Crippen LogP contribution in [0.4, 0.5) is 0 Å². The molecule has 1 aromatic carbocycles. The number of nitrogens with one attached hydrogen (secondary N) is 1. The average molecular weight is 364 g/mol. The summed E-state index contributed by atoms with van der Waals surface area (Å²) in [5.74, 6) is 0.629. The molecule has 5 rings (SSSR count). The number of benzene rings is 1. The first-order valence-corrected chi connectivity index (χ1v) is 9.21. The van der Waals surface area contributed by atoms with E-state index in [0.717, 1.165) is 12.8 Å². The first-order chi connectivity index (χ1) is 13.2. The lowest BCUT2D eigenvalue weighted by atomic mass is 10.0. The second-order valence-corrected chi connectivity index (χ2v) is 7.13. The monoisotopic (exact) mass is 364 g/mol. The molecule has 2 aliphatic heterocycles. The van der Waals surface area contributed by atoms with Crippen molar-refractivity contribution < 1.29 is 9.84 Å². The maximum Gasteiger partial charge on any atom is 0.233 e. The number of nitrogens with zero attached hydrogens (tertiary/aromatic N) is 5. The number of hydrogen-bond donors (Lipinski definition) is 2. The van der Waals surface area contributed by atoms with Crippen LogP contribution in [0.1, 0.15) is 25.7 Å². The molecule has 2 aliphatic rings. The second-order valence-electron chi connectivity index (χ2n) is 7.13. The van der Waals surface area contributed by atoms with Crippen LogP contribution in [0, 0.1) is 0 Å². The first-order valence-electron chi connectivity index (χ1n) is 9.21. The Morgan fingerprint density at radius 2 is 1.78 bits per heavy atom. The Hall–Kier alpha value is -3.00. The standard InChI is InChI=1S/C19H20N6O2/c26-18-11-14(25-20-7-8-21-25)3-4-16(18)17-5-6-19(24-23-17)27-15-9-12-1-2-13(10-15)22-12/h3-8,11-13,15,22,26H,1-2,9-10H2/t12-,13+,15-. The van der Waals surface area contributed by atoms with Gasteiger partial charge in [-0.2, -0.15) is 15.0 Å². The molecule has 2 fully saturated rings. The summed E-state index contributed by atoms with van der Waals surface area (Å²) >= 11 is 0. The van der Waals surface area contributed by atoms with E-state index in [-0.39, 0.29) is 11.9 Å². The molecular weight excluding hydrogens is 344 g/mol. The van der Waals surface area contributed by atoms with Gasteiger partial charge in [0.15, 0.2) is 0 Å². The van der Waals surface area contributed by atoms with Crippen molar-refractivity contribution in [2.75, 3.05) is 0 Å². The Morgan fingerprint density at radius 1 is 1.00 bits per heavy atom. The number of ether oxygens (including phenoxy) is 1. The van der Waals surface area contributed by atoms with Crippen LogP contribution in [-0.2, 0) is 0 Å². The van der Waals surface area contributed by atoms with Gasteiger partial charge in [0.05, 0.1) is 23.8 Å². The fourth-order valence-electron chi connectivity index (χ4n) is 4.01. The lowest BCUT2D eigenvalue weighted by molar-refractivity contribution is 0.130. The van der Waals surface area contributed by atoms with E-state index in [1.807, 2.05) is 18.2 Å². The molecule has 8 heteroatoms. The van der Waals surface area contributed by atoms with E-state index >= 15 is 0 Å². The molecule has 2 saturated heterocycles. The molecule has 27 heavy (non-hydrogen) atoms. The molecule has 8 nitrogen and oxygen atoms in total. The summed E-state index contributed by atoms with van der Waals surface area (Å²) in [4.78, 5) is 1.44. The summed E-state index contributed by atoms with van der Waals surface area (Å²) in [6, 6.07) is 9.98. The predicted octanol–water partition coefficient (Wildman–Crippen LogP) is 2.09. The molecule has 0 aliphatic carbocycles. The van der Waals surface area contributed by atoms with E-state index in [0.29, 0.717) is 34.9 Å². The van der Waals surface area contributed by atoms with Gasteiger partial charge in [0.1, 0.15) is 11.9 Å². The molecule has 2 N–H and O–H groups in total. The summed E-state index contributed by atoms with van der Waals surface area (Å²) in [5.41, 5.74) is 1.87. The van der Waals surface area contributed by atoms with Crippen LogP contribution in [0.5, 0.6) is 11.6 Å². The highest BCUT2D eigenvalue weighted by Gasteiger charge is 2.34. The smallest absolute Gasteiger partial charge is 0.233 e. The quantitative estimate of drug-likeness (QED) is 0.731. The number of phenolic OH excluding ortho intramolecular Hbond substituents is 1. The van der Waals surface area contributed by atoms with E-state index in [1.54, 1.807) is 24.5 Å². The third-order valence-electron chi connectivity index (χ3n) is 5.26. The van der Waals surface area contributed by atoms with Gasteiger partial charge in [-0.15, -0.1) is 10.2 Å². The minimum absolute atomic E-state index is 0.0997. The molecule has 2 bridgehead atoms. The Bertz CT molecular complexity index is 916. The predicted molar refractivity (Wildman–Crippen MR) is 97.6 cm³/mol. The molecule has 3 atom stereocenters.